The molecule has 154 valence electrons. The summed E-state index contributed by atoms with van der Waals surface area (Å²) in [5.41, 5.74) is 0.493. The van der Waals surface area contributed by atoms with Gasteiger partial charge in [0.2, 0.25) is 6.29 Å². The van der Waals surface area contributed by atoms with Crippen molar-refractivity contribution in [1.29, 1.82) is 0 Å². The van der Waals surface area contributed by atoms with Crippen molar-refractivity contribution in [3.8, 4) is 0 Å². The molecule has 1 aromatic heterocycles. The fourth-order valence-electron chi connectivity index (χ4n) is 2.66. The minimum absolute atomic E-state index is 0.344. The van der Waals surface area contributed by atoms with Gasteiger partial charge in [-0.05, 0) is 50.7 Å². The summed E-state index contributed by atoms with van der Waals surface area (Å²) in [7, 11) is 0. The van der Waals surface area contributed by atoms with E-state index in [0.29, 0.717) is 12.0 Å². The van der Waals surface area contributed by atoms with Crippen LogP contribution in [0.15, 0.2) is 61.0 Å². The highest BCUT2D eigenvalue weighted by molar-refractivity contribution is 5.69. The second kappa shape index (κ2) is 16.9. The molecule has 0 bridgehead atoms. The maximum absolute atomic E-state index is 11.7. The van der Waals surface area contributed by atoms with Crippen LogP contribution in [0.25, 0.3) is 0 Å². The van der Waals surface area contributed by atoms with Gasteiger partial charge in [0.05, 0.1) is 0 Å². The van der Waals surface area contributed by atoms with Gasteiger partial charge in [0, 0.05) is 24.4 Å². The lowest BCUT2D eigenvalue weighted by atomic mass is 10.1. The molecule has 4 nitrogen and oxygen atoms in total. The summed E-state index contributed by atoms with van der Waals surface area (Å²) in [4.78, 5) is 15.6. The van der Waals surface area contributed by atoms with Crippen molar-refractivity contribution in [3.05, 3.63) is 66.5 Å². The Bertz CT molecular complexity index is 593. The average Bonchev–Trinajstić information content (AvgIpc) is 2.71. The third-order valence-electron chi connectivity index (χ3n) is 4.24. The minimum Gasteiger partial charge on any atom is -0.431 e. The topological polar surface area (TPSA) is 59.4 Å². The number of hydrogen-bond acceptors (Lipinski definition) is 4. The molecule has 0 aliphatic heterocycles. The molecule has 0 aromatic carbocycles. The Balaban J connectivity index is 1.94. The van der Waals surface area contributed by atoms with E-state index in [1.165, 1.54) is 19.0 Å². The number of hydrogen-bond donors (Lipinski definition) is 1. The molecule has 1 rings (SSSR count). The number of ether oxygens (including phenoxy) is 1. The summed E-state index contributed by atoms with van der Waals surface area (Å²) in [6.45, 7) is 2.15. The van der Waals surface area contributed by atoms with E-state index in [1.54, 1.807) is 18.3 Å². The van der Waals surface area contributed by atoms with Gasteiger partial charge in [-0.3, -0.25) is 9.78 Å². The second-order valence-electron chi connectivity index (χ2n) is 6.73. The molecular formula is C24H35NO3. The Morgan fingerprint density at radius 1 is 1.04 bits per heavy atom. The maximum Gasteiger partial charge on any atom is 0.308 e. The van der Waals surface area contributed by atoms with Crippen LogP contribution in [0.4, 0.5) is 0 Å². The fourth-order valence-corrected chi connectivity index (χ4v) is 2.66. The van der Waals surface area contributed by atoms with Crippen molar-refractivity contribution in [3.63, 3.8) is 0 Å². The van der Waals surface area contributed by atoms with Crippen LogP contribution < -0.4 is 0 Å². The van der Waals surface area contributed by atoms with E-state index in [-0.39, 0.29) is 5.97 Å². The van der Waals surface area contributed by atoms with Crippen molar-refractivity contribution < 1.29 is 14.6 Å². The first-order valence-corrected chi connectivity index (χ1v) is 10.5. The summed E-state index contributed by atoms with van der Waals surface area (Å²) in [5.74, 6) is -0.363. The predicted molar refractivity (Wildman–Crippen MR) is 115 cm³/mol. The highest BCUT2D eigenvalue weighted by Crippen LogP contribution is 2.15. The van der Waals surface area contributed by atoms with E-state index < -0.39 is 6.29 Å². The molecular weight excluding hydrogens is 350 g/mol. The summed E-state index contributed by atoms with van der Waals surface area (Å²) in [6, 6.07) is 3.38. The molecule has 0 radical (unpaired) electrons. The number of pyridine rings is 1. The normalized spacial score (nSPS) is 12.9. The van der Waals surface area contributed by atoms with Crippen LogP contribution in [0.2, 0.25) is 0 Å². The lowest BCUT2D eigenvalue weighted by Crippen LogP contribution is -2.10. The Morgan fingerprint density at radius 3 is 2.43 bits per heavy atom. The number of rotatable bonds is 15. The predicted octanol–water partition coefficient (Wildman–Crippen LogP) is 6.21. The maximum atomic E-state index is 11.7. The number of esters is 1. The van der Waals surface area contributed by atoms with Crippen LogP contribution in [0, 0.1) is 0 Å². The van der Waals surface area contributed by atoms with Gasteiger partial charge in [-0.25, -0.2) is 0 Å². The molecule has 0 fully saturated rings. The number of aliphatic hydroxyl groups excluding tert-OH is 1. The zero-order valence-electron chi connectivity index (χ0n) is 17.1. The Kier molecular flexibility index (Phi) is 14.4. The lowest BCUT2D eigenvalue weighted by Gasteiger charge is -2.11. The van der Waals surface area contributed by atoms with Crippen LogP contribution in [-0.2, 0) is 9.53 Å². The molecule has 1 aromatic rings. The van der Waals surface area contributed by atoms with Crippen molar-refractivity contribution in [2.45, 2.75) is 77.4 Å². The Morgan fingerprint density at radius 2 is 1.71 bits per heavy atom. The quantitative estimate of drug-likeness (QED) is 0.169. The number of nitrogens with zero attached hydrogens (tertiary/aromatic N) is 1. The standard InChI is InChI=1S/C24H35NO3/c1-2-3-4-5-6-7-8-9-10-11-12-13-14-15-16-19-23(26)28-24(27)22-18-17-20-25-21-22/h3-4,6-7,9-10,17-18,20-21,24,27H,2,5,8,11-16,19H2,1H3. The van der Waals surface area contributed by atoms with Crippen molar-refractivity contribution >= 4 is 5.97 Å². The molecule has 1 N–H and O–H groups in total. The van der Waals surface area contributed by atoms with E-state index in [4.69, 9.17) is 4.74 Å². The molecule has 0 aliphatic rings. The van der Waals surface area contributed by atoms with Gasteiger partial charge in [0.15, 0.2) is 0 Å². The number of carbonyl (C=O) groups is 1. The largest absolute Gasteiger partial charge is 0.431 e. The number of unbranched alkanes of at least 4 members (excludes halogenated alkanes) is 5. The van der Waals surface area contributed by atoms with E-state index in [9.17, 15) is 9.90 Å². The van der Waals surface area contributed by atoms with Gasteiger partial charge in [-0.1, -0.05) is 62.6 Å². The van der Waals surface area contributed by atoms with E-state index >= 15 is 0 Å². The zero-order valence-corrected chi connectivity index (χ0v) is 17.1. The highest BCUT2D eigenvalue weighted by Gasteiger charge is 2.12. The highest BCUT2D eigenvalue weighted by atomic mass is 16.6. The van der Waals surface area contributed by atoms with Crippen LogP contribution in [-0.4, -0.2) is 16.1 Å². The first-order chi connectivity index (χ1) is 13.7. The third kappa shape index (κ3) is 13.0. The molecule has 4 heteroatoms. The first kappa shape index (κ1) is 23.8. The third-order valence-corrected chi connectivity index (χ3v) is 4.24. The first-order valence-electron chi connectivity index (χ1n) is 10.5. The molecule has 0 spiro atoms. The average molecular weight is 386 g/mol. The lowest BCUT2D eigenvalue weighted by molar-refractivity contribution is -0.169. The Labute approximate surface area is 170 Å². The number of aliphatic hydroxyl groups is 1. The molecule has 1 atom stereocenters. The van der Waals surface area contributed by atoms with E-state index in [1.807, 2.05) is 0 Å². The minimum atomic E-state index is -1.23. The van der Waals surface area contributed by atoms with Crippen molar-refractivity contribution in [2.24, 2.45) is 0 Å². The number of allylic oxidation sites excluding steroid dienone is 6. The van der Waals surface area contributed by atoms with E-state index in [2.05, 4.69) is 48.4 Å². The van der Waals surface area contributed by atoms with Gasteiger partial charge < -0.3 is 9.84 Å². The molecule has 1 unspecified atom stereocenters. The molecule has 1 heterocycles. The van der Waals surface area contributed by atoms with Crippen LogP contribution >= 0.6 is 0 Å². The van der Waals surface area contributed by atoms with Crippen LogP contribution in [0.5, 0.6) is 0 Å². The molecule has 28 heavy (non-hydrogen) atoms. The van der Waals surface area contributed by atoms with Gasteiger partial charge in [0.1, 0.15) is 0 Å². The van der Waals surface area contributed by atoms with Crippen molar-refractivity contribution in [1.82, 2.24) is 4.98 Å². The van der Waals surface area contributed by atoms with Gasteiger partial charge in [0.25, 0.3) is 0 Å². The van der Waals surface area contributed by atoms with Gasteiger partial charge in [-0.15, -0.1) is 0 Å². The molecule has 0 saturated heterocycles. The van der Waals surface area contributed by atoms with Gasteiger partial charge >= 0.3 is 5.97 Å². The molecule has 0 amide bonds. The smallest absolute Gasteiger partial charge is 0.308 e. The van der Waals surface area contributed by atoms with Gasteiger partial charge in [-0.2, -0.15) is 0 Å². The second-order valence-corrected chi connectivity index (χ2v) is 6.73. The SMILES string of the molecule is CCC=CCC=CCC=CCCCCCCCC(=O)OC(O)c1cccnc1. The summed E-state index contributed by atoms with van der Waals surface area (Å²) < 4.78 is 5.01. The van der Waals surface area contributed by atoms with Crippen molar-refractivity contribution in [2.75, 3.05) is 0 Å². The van der Waals surface area contributed by atoms with Crippen LogP contribution in [0.1, 0.15) is 83.0 Å². The Hall–Kier alpha value is -2.20. The molecule has 0 aliphatic carbocycles. The summed E-state index contributed by atoms with van der Waals surface area (Å²) in [6.07, 6.45) is 25.0. The van der Waals surface area contributed by atoms with Crippen LogP contribution in [0.3, 0.4) is 0 Å². The zero-order chi connectivity index (χ0) is 20.3. The monoisotopic (exact) mass is 385 g/mol. The number of carbonyl (C=O) groups excluding carboxylic acids is 1. The summed E-state index contributed by atoms with van der Waals surface area (Å²) in [5, 5.41) is 9.82. The molecule has 0 saturated carbocycles. The fraction of sp³-hybridized carbons (Fsp3) is 0.500. The number of aromatic nitrogens is 1. The van der Waals surface area contributed by atoms with E-state index in [0.717, 1.165) is 44.9 Å². The summed E-state index contributed by atoms with van der Waals surface area (Å²) >= 11 is 0.